The number of esters is 1. The minimum absolute atomic E-state index is 0.00452. The molecule has 0 radical (unpaired) electrons. The van der Waals surface area contributed by atoms with Gasteiger partial charge in [0.2, 0.25) is 0 Å². The summed E-state index contributed by atoms with van der Waals surface area (Å²) < 4.78 is 5.27. The van der Waals surface area contributed by atoms with Crippen molar-refractivity contribution < 1.29 is 24.5 Å². The number of fused-ring (bicyclic) bond motifs is 1. The lowest BCUT2D eigenvalue weighted by Gasteiger charge is -2.13. The van der Waals surface area contributed by atoms with Gasteiger partial charge in [0.15, 0.2) is 5.92 Å². The van der Waals surface area contributed by atoms with Crippen LogP contribution in [0.3, 0.4) is 0 Å². The van der Waals surface area contributed by atoms with Gasteiger partial charge in [-0.2, -0.15) is 0 Å². The third-order valence-electron chi connectivity index (χ3n) is 4.00. The number of hydrogen-bond donors (Lipinski definition) is 2. The van der Waals surface area contributed by atoms with Gasteiger partial charge in [0.05, 0.1) is 0 Å². The van der Waals surface area contributed by atoms with Crippen molar-refractivity contribution >= 4 is 11.9 Å². The molecular weight excluding hydrogens is 296 g/mol. The molecule has 2 N–H and O–H groups in total. The second kappa shape index (κ2) is 6.12. The SMILES string of the molecule is O=C(O)C(C(=O)Oc1ccc2c(c1)CCC2)c1ccc(O)cc1. The van der Waals surface area contributed by atoms with Crippen molar-refractivity contribution in [3.63, 3.8) is 0 Å². The molecule has 23 heavy (non-hydrogen) atoms. The molecule has 1 atom stereocenters. The number of carboxylic acids is 1. The predicted octanol–water partition coefficient (Wildman–Crippen LogP) is 2.65. The van der Waals surface area contributed by atoms with E-state index < -0.39 is 17.9 Å². The summed E-state index contributed by atoms with van der Waals surface area (Å²) in [5.41, 5.74) is 2.66. The summed E-state index contributed by atoms with van der Waals surface area (Å²) in [6.07, 6.45) is 3.05. The Morgan fingerprint density at radius 2 is 1.70 bits per heavy atom. The first kappa shape index (κ1) is 15.1. The largest absolute Gasteiger partial charge is 0.508 e. The number of phenols is 1. The maximum absolute atomic E-state index is 12.3. The molecule has 3 rings (SSSR count). The molecule has 2 aromatic carbocycles. The van der Waals surface area contributed by atoms with Crippen molar-refractivity contribution in [2.75, 3.05) is 0 Å². The van der Waals surface area contributed by atoms with Crippen molar-refractivity contribution in [2.45, 2.75) is 25.2 Å². The van der Waals surface area contributed by atoms with E-state index in [-0.39, 0.29) is 11.3 Å². The number of carbonyl (C=O) groups is 2. The van der Waals surface area contributed by atoms with Gasteiger partial charge in [0.1, 0.15) is 11.5 Å². The van der Waals surface area contributed by atoms with Crippen molar-refractivity contribution in [1.29, 1.82) is 0 Å². The predicted molar refractivity (Wildman–Crippen MR) is 82.6 cm³/mol. The van der Waals surface area contributed by atoms with E-state index in [9.17, 15) is 19.8 Å². The molecule has 0 aromatic heterocycles. The average Bonchev–Trinajstić information content (AvgIpc) is 2.96. The highest BCUT2D eigenvalue weighted by molar-refractivity contribution is 6.00. The number of hydrogen-bond acceptors (Lipinski definition) is 4. The highest BCUT2D eigenvalue weighted by Crippen LogP contribution is 2.28. The van der Waals surface area contributed by atoms with Crippen molar-refractivity contribution in [1.82, 2.24) is 0 Å². The third-order valence-corrected chi connectivity index (χ3v) is 4.00. The number of benzene rings is 2. The molecule has 5 nitrogen and oxygen atoms in total. The normalized spacial score (nSPS) is 14.1. The van der Waals surface area contributed by atoms with Gasteiger partial charge in [0, 0.05) is 0 Å². The van der Waals surface area contributed by atoms with Crippen molar-refractivity contribution in [3.05, 3.63) is 59.2 Å². The number of aromatic hydroxyl groups is 1. The molecule has 5 heteroatoms. The van der Waals surface area contributed by atoms with Gasteiger partial charge < -0.3 is 14.9 Å². The van der Waals surface area contributed by atoms with E-state index in [1.54, 1.807) is 12.1 Å². The van der Waals surface area contributed by atoms with Gasteiger partial charge >= 0.3 is 11.9 Å². The van der Waals surface area contributed by atoms with Crippen LogP contribution in [0.25, 0.3) is 0 Å². The number of aliphatic carboxylic acids is 1. The first-order chi connectivity index (χ1) is 11.0. The van der Waals surface area contributed by atoms with Crippen LogP contribution in [0.1, 0.15) is 29.0 Å². The quantitative estimate of drug-likeness (QED) is 0.515. The van der Waals surface area contributed by atoms with E-state index in [0.29, 0.717) is 5.75 Å². The fourth-order valence-corrected chi connectivity index (χ4v) is 2.83. The Morgan fingerprint density at radius 1 is 1.00 bits per heavy atom. The lowest BCUT2D eigenvalue weighted by atomic mass is 9.99. The number of rotatable bonds is 4. The summed E-state index contributed by atoms with van der Waals surface area (Å²) in [4.78, 5) is 23.7. The zero-order valence-corrected chi connectivity index (χ0v) is 12.4. The third kappa shape index (κ3) is 3.18. The van der Waals surface area contributed by atoms with Gasteiger partial charge in [-0.15, -0.1) is 0 Å². The number of carboxylic acid groups (broad SMARTS) is 1. The van der Waals surface area contributed by atoms with E-state index >= 15 is 0 Å². The molecular formula is C18H16O5. The van der Waals surface area contributed by atoms with E-state index in [0.717, 1.165) is 24.8 Å². The standard InChI is InChI=1S/C18H16O5/c19-14-7-4-12(5-8-14)16(17(20)21)18(22)23-15-9-6-11-2-1-3-13(11)10-15/h4-10,16,19H,1-3H2,(H,20,21). The van der Waals surface area contributed by atoms with Crippen LogP contribution in [0.5, 0.6) is 11.5 Å². The summed E-state index contributed by atoms with van der Waals surface area (Å²) in [6, 6.07) is 10.9. The van der Waals surface area contributed by atoms with E-state index in [4.69, 9.17) is 4.74 Å². The summed E-state index contributed by atoms with van der Waals surface area (Å²) in [5.74, 6) is -3.20. The van der Waals surface area contributed by atoms with Gasteiger partial charge in [-0.3, -0.25) is 9.59 Å². The van der Waals surface area contributed by atoms with Crippen LogP contribution in [-0.2, 0) is 22.4 Å². The van der Waals surface area contributed by atoms with Crippen LogP contribution in [0, 0.1) is 0 Å². The lowest BCUT2D eigenvalue weighted by molar-refractivity contribution is -0.148. The summed E-state index contributed by atoms with van der Waals surface area (Å²) in [5, 5.41) is 18.6. The lowest BCUT2D eigenvalue weighted by Crippen LogP contribution is -2.26. The number of carbonyl (C=O) groups excluding carboxylic acids is 1. The summed E-state index contributed by atoms with van der Waals surface area (Å²) in [7, 11) is 0. The average molecular weight is 312 g/mol. The molecule has 0 amide bonds. The molecule has 118 valence electrons. The van der Waals surface area contributed by atoms with Crippen LogP contribution < -0.4 is 4.74 Å². The van der Waals surface area contributed by atoms with E-state index in [1.807, 2.05) is 6.07 Å². The molecule has 0 saturated heterocycles. The Hall–Kier alpha value is -2.82. The van der Waals surface area contributed by atoms with Gasteiger partial charge in [0.25, 0.3) is 0 Å². The highest BCUT2D eigenvalue weighted by atomic mass is 16.5. The summed E-state index contributed by atoms with van der Waals surface area (Å²) >= 11 is 0. The maximum atomic E-state index is 12.3. The molecule has 0 fully saturated rings. The molecule has 0 bridgehead atoms. The van der Waals surface area contributed by atoms with Crippen LogP contribution >= 0.6 is 0 Å². The van der Waals surface area contributed by atoms with Gasteiger partial charge in [-0.25, -0.2) is 0 Å². The fraction of sp³-hybridized carbons (Fsp3) is 0.222. The second-order valence-electron chi connectivity index (χ2n) is 5.57. The topological polar surface area (TPSA) is 83.8 Å². The van der Waals surface area contributed by atoms with E-state index in [2.05, 4.69) is 0 Å². The van der Waals surface area contributed by atoms with E-state index in [1.165, 1.54) is 29.8 Å². The van der Waals surface area contributed by atoms with Crippen LogP contribution in [0.2, 0.25) is 0 Å². The molecule has 0 spiro atoms. The molecule has 0 saturated carbocycles. The maximum Gasteiger partial charge on any atom is 0.330 e. The number of ether oxygens (including phenoxy) is 1. The Kier molecular flexibility index (Phi) is 4.02. The Balaban J connectivity index is 1.81. The smallest absolute Gasteiger partial charge is 0.330 e. The Bertz CT molecular complexity index is 749. The zero-order valence-electron chi connectivity index (χ0n) is 12.4. The Morgan fingerprint density at radius 3 is 2.39 bits per heavy atom. The molecule has 0 aliphatic heterocycles. The van der Waals surface area contributed by atoms with Gasteiger partial charge in [-0.05, 0) is 60.2 Å². The monoisotopic (exact) mass is 312 g/mol. The summed E-state index contributed by atoms with van der Waals surface area (Å²) in [6.45, 7) is 0. The first-order valence-electron chi connectivity index (χ1n) is 7.40. The van der Waals surface area contributed by atoms with Crippen molar-refractivity contribution in [3.8, 4) is 11.5 Å². The van der Waals surface area contributed by atoms with Crippen LogP contribution in [0.15, 0.2) is 42.5 Å². The Labute approximate surface area is 133 Å². The molecule has 1 aliphatic rings. The van der Waals surface area contributed by atoms with Crippen LogP contribution in [0.4, 0.5) is 0 Å². The molecule has 2 aromatic rings. The molecule has 1 aliphatic carbocycles. The zero-order chi connectivity index (χ0) is 16.4. The molecule has 0 heterocycles. The fourth-order valence-electron chi connectivity index (χ4n) is 2.83. The van der Waals surface area contributed by atoms with Gasteiger partial charge in [-0.1, -0.05) is 18.2 Å². The molecule has 1 unspecified atom stereocenters. The highest BCUT2D eigenvalue weighted by Gasteiger charge is 2.30. The number of aryl methyl sites for hydroxylation is 2. The minimum Gasteiger partial charge on any atom is -0.508 e. The van der Waals surface area contributed by atoms with Crippen molar-refractivity contribution in [2.24, 2.45) is 0 Å². The number of phenolic OH excluding ortho intramolecular Hbond substituents is 1. The minimum atomic E-state index is -1.43. The first-order valence-corrected chi connectivity index (χ1v) is 7.40. The van der Waals surface area contributed by atoms with Crippen LogP contribution in [-0.4, -0.2) is 22.2 Å². The second-order valence-corrected chi connectivity index (χ2v) is 5.57.